The van der Waals surface area contributed by atoms with E-state index in [0.717, 1.165) is 109 Å². The number of unbranched alkanes of at least 4 members (excludes halogenated alkanes) is 39. The fourth-order valence-corrected chi connectivity index (χ4v) is 11.8. The average Bonchev–Trinajstić information content (AvgIpc) is 3.71. The summed E-state index contributed by atoms with van der Waals surface area (Å²) >= 11 is 0. The Balaban J connectivity index is 5.18. The fourth-order valence-electron chi connectivity index (χ4n) is 10.3. The van der Waals surface area contributed by atoms with Gasteiger partial charge in [-0.05, 0) is 31.6 Å². The van der Waals surface area contributed by atoms with Crippen LogP contribution in [0.1, 0.15) is 349 Å². The van der Waals surface area contributed by atoms with Crippen LogP contribution in [0.25, 0.3) is 0 Å². The van der Waals surface area contributed by atoms with Crippen LogP contribution in [0.15, 0.2) is 0 Å². The third kappa shape index (κ3) is 61.3. The Labute approximate surface area is 530 Å². The number of carbonyl (C=O) groups excluding carboxylic acids is 4. The van der Waals surface area contributed by atoms with Crippen molar-refractivity contribution in [2.45, 2.75) is 368 Å². The molecule has 6 atom stereocenters. The average molecular weight is 1280 g/mol. The van der Waals surface area contributed by atoms with Crippen molar-refractivity contribution in [3.63, 3.8) is 0 Å². The van der Waals surface area contributed by atoms with Gasteiger partial charge in [0.05, 0.1) is 26.4 Å². The normalized spacial score (nSPS) is 14.4. The number of ether oxygens (including phenoxy) is 4. The fraction of sp³-hybridized carbons (Fsp3) is 0.941. The Morgan fingerprint density at radius 2 is 0.552 bits per heavy atom. The van der Waals surface area contributed by atoms with E-state index in [4.69, 9.17) is 37.0 Å². The molecule has 0 fully saturated rings. The summed E-state index contributed by atoms with van der Waals surface area (Å²) in [5, 5.41) is 10.6. The highest BCUT2D eigenvalue weighted by atomic mass is 31.2. The summed E-state index contributed by atoms with van der Waals surface area (Å²) in [5.41, 5.74) is 0. The molecule has 0 aliphatic rings. The summed E-state index contributed by atoms with van der Waals surface area (Å²) in [6.45, 7) is 7.24. The summed E-state index contributed by atoms with van der Waals surface area (Å²) in [6.07, 6.45) is 47.2. The van der Waals surface area contributed by atoms with E-state index in [1.807, 2.05) is 0 Å². The molecule has 17 nitrogen and oxygen atoms in total. The van der Waals surface area contributed by atoms with Gasteiger partial charge in [0.2, 0.25) is 0 Å². The molecule has 0 aromatic carbocycles. The largest absolute Gasteiger partial charge is 0.472 e. The minimum Gasteiger partial charge on any atom is -0.462 e. The minimum absolute atomic E-state index is 0.106. The van der Waals surface area contributed by atoms with Crippen LogP contribution in [0.3, 0.4) is 0 Å². The van der Waals surface area contributed by atoms with E-state index in [0.29, 0.717) is 25.7 Å². The molecule has 87 heavy (non-hydrogen) atoms. The van der Waals surface area contributed by atoms with Crippen LogP contribution in [0, 0.1) is 5.92 Å². The van der Waals surface area contributed by atoms with Gasteiger partial charge in [-0.25, -0.2) is 9.13 Å². The van der Waals surface area contributed by atoms with E-state index >= 15 is 0 Å². The zero-order valence-electron chi connectivity index (χ0n) is 56.2. The van der Waals surface area contributed by atoms with Gasteiger partial charge in [-0.2, -0.15) is 0 Å². The van der Waals surface area contributed by atoms with Crippen LogP contribution < -0.4 is 0 Å². The maximum Gasteiger partial charge on any atom is 0.472 e. The zero-order valence-corrected chi connectivity index (χ0v) is 57.9. The number of aliphatic hydroxyl groups is 1. The van der Waals surface area contributed by atoms with Crippen LogP contribution in [-0.4, -0.2) is 96.7 Å². The first-order chi connectivity index (χ1) is 42.1. The van der Waals surface area contributed by atoms with Gasteiger partial charge in [-0.15, -0.1) is 0 Å². The summed E-state index contributed by atoms with van der Waals surface area (Å²) < 4.78 is 68.1. The molecule has 0 aliphatic carbocycles. The molecule has 0 aromatic rings. The van der Waals surface area contributed by atoms with Crippen LogP contribution >= 0.6 is 15.6 Å². The van der Waals surface area contributed by atoms with Crippen molar-refractivity contribution >= 4 is 39.5 Å². The molecule has 0 rings (SSSR count). The summed E-state index contributed by atoms with van der Waals surface area (Å²) in [4.78, 5) is 72.3. The molecule has 19 heteroatoms. The van der Waals surface area contributed by atoms with Gasteiger partial charge in [0.1, 0.15) is 19.3 Å². The number of hydrogen-bond acceptors (Lipinski definition) is 15. The number of phosphoric ester groups is 2. The summed E-state index contributed by atoms with van der Waals surface area (Å²) in [7, 11) is -9.89. The maximum atomic E-state index is 13.0. The number of phosphoric acid groups is 2. The lowest BCUT2D eigenvalue weighted by molar-refractivity contribution is -0.161. The first-order valence-corrected chi connectivity index (χ1v) is 38.7. The SMILES string of the molecule is CCCCCCCCCCCCCCC(=O)OC[C@H](COP(=O)(O)OC[C@@H](O)COP(=O)(O)OC[C@@H](COC(=O)CCCCCCCCC)OC(=O)CCCCCCCCCCCC)OC(=O)CCCCCCCCCCCCCCCCC(C)CC. The number of carbonyl (C=O) groups is 4. The van der Waals surface area contributed by atoms with Crippen molar-refractivity contribution in [1.82, 2.24) is 0 Å². The Bertz CT molecular complexity index is 1690. The van der Waals surface area contributed by atoms with E-state index in [2.05, 4.69) is 34.6 Å². The topological polar surface area (TPSA) is 237 Å². The van der Waals surface area contributed by atoms with E-state index in [1.165, 1.54) is 161 Å². The predicted molar refractivity (Wildman–Crippen MR) is 349 cm³/mol. The van der Waals surface area contributed by atoms with Gasteiger partial charge in [-0.1, -0.05) is 298 Å². The highest BCUT2D eigenvalue weighted by molar-refractivity contribution is 7.47. The summed E-state index contributed by atoms with van der Waals surface area (Å²) in [5.74, 6) is -1.28. The van der Waals surface area contributed by atoms with Crippen molar-refractivity contribution in [3.05, 3.63) is 0 Å². The second-order valence-corrected chi connectivity index (χ2v) is 27.7. The van der Waals surface area contributed by atoms with E-state index in [1.54, 1.807) is 0 Å². The molecule has 0 saturated heterocycles. The van der Waals surface area contributed by atoms with E-state index < -0.39 is 97.5 Å². The van der Waals surface area contributed by atoms with Gasteiger partial charge in [-0.3, -0.25) is 37.3 Å². The Kier molecular flexibility index (Phi) is 60.2. The van der Waals surface area contributed by atoms with E-state index in [-0.39, 0.29) is 25.7 Å². The second kappa shape index (κ2) is 61.6. The smallest absolute Gasteiger partial charge is 0.462 e. The molecule has 0 aromatic heterocycles. The number of rotatable bonds is 68. The molecule has 3 N–H and O–H groups in total. The van der Waals surface area contributed by atoms with Gasteiger partial charge < -0.3 is 33.8 Å². The zero-order chi connectivity index (χ0) is 64.2. The molecule has 0 saturated carbocycles. The van der Waals surface area contributed by atoms with Gasteiger partial charge in [0.15, 0.2) is 12.2 Å². The lowest BCUT2D eigenvalue weighted by Crippen LogP contribution is -2.30. The molecule has 0 amide bonds. The first-order valence-electron chi connectivity index (χ1n) is 35.7. The second-order valence-electron chi connectivity index (χ2n) is 24.8. The molecule has 0 spiro atoms. The van der Waals surface area contributed by atoms with Crippen LogP contribution in [0.4, 0.5) is 0 Å². The van der Waals surface area contributed by atoms with E-state index in [9.17, 15) is 43.2 Å². The van der Waals surface area contributed by atoms with Crippen LogP contribution in [0.5, 0.6) is 0 Å². The monoisotopic (exact) mass is 1280 g/mol. The third-order valence-electron chi connectivity index (χ3n) is 16.1. The first kappa shape index (κ1) is 85.1. The standard InChI is InChI=1S/C68H132O17P2/c1-6-10-13-16-19-21-23-29-33-37-42-47-52-66(71)79-58-64(85-68(73)54-49-44-39-34-30-27-25-24-26-28-31-36-40-45-50-61(5)9-4)60-83-87(76,77)81-56-62(69)55-80-86(74,75)82-59-63(57-78-65(70)51-46-41-35-18-15-12-8-3)84-67(72)53-48-43-38-32-22-20-17-14-11-7-2/h61-64,69H,6-60H2,1-5H3,(H,74,75)(H,76,77)/t61?,62-,63+,64+/m0/s1. The van der Waals surface area contributed by atoms with Crippen LogP contribution in [0.2, 0.25) is 0 Å². The van der Waals surface area contributed by atoms with Crippen molar-refractivity contribution < 1.29 is 80.2 Å². The summed E-state index contributed by atoms with van der Waals surface area (Å²) in [6, 6.07) is 0. The predicted octanol–water partition coefficient (Wildman–Crippen LogP) is 19.4. The van der Waals surface area contributed by atoms with Crippen molar-refractivity contribution in [1.29, 1.82) is 0 Å². The highest BCUT2D eigenvalue weighted by Crippen LogP contribution is 2.45. The van der Waals surface area contributed by atoms with Gasteiger partial charge in [0.25, 0.3) is 0 Å². The Hall–Kier alpha value is -1.94. The minimum atomic E-state index is -4.95. The molecule has 0 heterocycles. The van der Waals surface area contributed by atoms with Crippen molar-refractivity contribution in [2.24, 2.45) is 5.92 Å². The van der Waals surface area contributed by atoms with Crippen LogP contribution in [-0.2, 0) is 65.4 Å². The molecular weight excluding hydrogens is 1150 g/mol. The number of hydrogen-bond donors (Lipinski definition) is 3. The van der Waals surface area contributed by atoms with Crippen molar-refractivity contribution in [2.75, 3.05) is 39.6 Å². The quantitative estimate of drug-likeness (QED) is 0.0222. The molecule has 516 valence electrons. The third-order valence-corrected chi connectivity index (χ3v) is 18.0. The highest BCUT2D eigenvalue weighted by Gasteiger charge is 2.30. The lowest BCUT2D eigenvalue weighted by atomic mass is 9.99. The molecule has 0 radical (unpaired) electrons. The maximum absolute atomic E-state index is 13.0. The molecular formula is C68H132O17P2. The van der Waals surface area contributed by atoms with Gasteiger partial charge >= 0.3 is 39.5 Å². The Morgan fingerprint density at radius 1 is 0.322 bits per heavy atom. The molecule has 3 unspecified atom stereocenters. The number of aliphatic hydroxyl groups excluding tert-OH is 1. The van der Waals surface area contributed by atoms with Crippen molar-refractivity contribution in [3.8, 4) is 0 Å². The van der Waals surface area contributed by atoms with Gasteiger partial charge in [0, 0.05) is 25.7 Å². The Morgan fingerprint density at radius 3 is 0.816 bits per heavy atom. The molecule has 0 aliphatic heterocycles. The number of esters is 4. The molecule has 0 bridgehead atoms. The lowest BCUT2D eigenvalue weighted by Gasteiger charge is -2.21.